The van der Waals surface area contributed by atoms with E-state index < -0.39 is 0 Å². The Morgan fingerprint density at radius 3 is 2.53 bits per heavy atom. The number of hydrogen-bond donors (Lipinski definition) is 0. The standard InChI is InChI=1S/C15H10FNOS/c16-12-7-8-14-11(10-12)6-9-15(17(14)18)19-13-4-2-1-3-5-13/h1-10H. The number of rotatable bonds is 2. The average Bonchev–Trinajstić information content (AvgIpc) is 2.43. The summed E-state index contributed by atoms with van der Waals surface area (Å²) in [6.45, 7) is 0. The van der Waals surface area contributed by atoms with Crippen LogP contribution in [0, 0.1) is 11.0 Å². The highest BCUT2D eigenvalue weighted by atomic mass is 32.2. The minimum atomic E-state index is -0.337. The van der Waals surface area contributed by atoms with E-state index in [2.05, 4.69) is 0 Å². The minimum absolute atomic E-state index is 0.337. The number of benzene rings is 2. The molecular weight excluding hydrogens is 261 g/mol. The Bertz CT molecular complexity index is 731. The summed E-state index contributed by atoms with van der Waals surface area (Å²) in [4.78, 5) is 0.994. The summed E-state index contributed by atoms with van der Waals surface area (Å²) in [5.74, 6) is -0.337. The Balaban J connectivity index is 2.06. The molecule has 2 nitrogen and oxygen atoms in total. The molecule has 0 aliphatic carbocycles. The molecule has 1 aromatic heterocycles. The van der Waals surface area contributed by atoms with Gasteiger partial charge in [-0.2, -0.15) is 4.73 Å². The molecule has 0 N–H and O–H groups in total. The van der Waals surface area contributed by atoms with Gasteiger partial charge in [-0.3, -0.25) is 0 Å². The lowest BCUT2D eigenvalue weighted by Crippen LogP contribution is -2.29. The predicted octanol–water partition coefficient (Wildman–Crippen LogP) is 3.76. The quantitative estimate of drug-likeness (QED) is 0.524. The first kappa shape index (κ1) is 12.0. The molecule has 19 heavy (non-hydrogen) atoms. The third-order valence-electron chi connectivity index (χ3n) is 2.78. The van der Waals surface area contributed by atoms with Gasteiger partial charge >= 0.3 is 0 Å². The molecule has 3 aromatic rings. The topological polar surface area (TPSA) is 26.9 Å². The Morgan fingerprint density at radius 2 is 1.74 bits per heavy atom. The lowest BCUT2D eigenvalue weighted by atomic mass is 10.2. The van der Waals surface area contributed by atoms with Gasteiger partial charge in [-0.25, -0.2) is 4.39 Å². The summed E-state index contributed by atoms with van der Waals surface area (Å²) in [5, 5.41) is 13.4. The highest BCUT2D eigenvalue weighted by molar-refractivity contribution is 7.99. The van der Waals surface area contributed by atoms with Crippen LogP contribution in [0.2, 0.25) is 0 Å². The summed E-state index contributed by atoms with van der Waals surface area (Å²) < 4.78 is 13.9. The molecule has 0 amide bonds. The van der Waals surface area contributed by atoms with Gasteiger partial charge in [0.1, 0.15) is 5.82 Å². The van der Waals surface area contributed by atoms with Crippen molar-refractivity contribution in [3.63, 3.8) is 0 Å². The monoisotopic (exact) mass is 271 g/mol. The van der Waals surface area contributed by atoms with Gasteiger partial charge in [0.15, 0.2) is 0 Å². The summed E-state index contributed by atoms with van der Waals surface area (Å²) in [6.07, 6.45) is 0. The summed E-state index contributed by atoms with van der Waals surface area (Å²) in [6, 6.07) is 17.3. The van der Waals surface area contributed by atoms with E-state index in [0.29, 0.717) is 15.9 Å². The van der Waals surface area contributed by atoms with Gasteiger partial charge in [-0.1, -0.05) is 18.2 Å². The first-order chi connectivity index (χ1) is 9.24. The van der Waals surface area contributed by atoms with Gasteiger partial charge in [0.2, 0.25) is 5.52 Å². The maximum atomic E-state index is 13.1. The first-order valence-corrected chi connectivity index (χ1v) is 6.60. The van der Waals surface area contributed by atoms with Crippen molar-refractivity contribution < 1.29 is 9.12 Å². The van der Waals surface area contributed by atoms with E-state index in [1.54, 1.807) is 12.1 Å². The lowest BCUT2D eigenvalue weighted by molar-refractivity contribution is -0.618. The maximum absolute atomic E-state index is 13.1. The van der Waals surface area contributed by atoms with Gasteiger partial charge in [-0.15, -0.1) is 0 Å². The van der Waals surface area contributed by atoms with Crippen molar-refractivity contribution in [1.82, 2.24) is 0 Å². The normalized spacial score (nSPS) is 10.8. The largest absolute Gasteiger partial charge is 0.617 e. The zero-order valence-electron chi connectivity index (χ0n) is 9.92. The van der Waals surface area contributed by atoms with E-state index in [1.807, 2.05) is 30.3 Å². The summed E-state index contributed by atoms with van der Waals surface area (Å²) in [5.41, 5.74) is 0.474. The lowest BCUT2D eigenvalue weighted by Gasteiger charge is -2.07. The van der Waals surface area contributed by atoms with Crippen LogP contribution in [0.1, 0.15) is 0 Å². The van der Waals surface area contributed by atoms with E-state index in [9.17, 15) is 9.60 Å². The van der Waals surface area contributed by atoms with Crippen LogP contribution in [-0.4, -0.2) is 0 Å². The Kier molecular flexibility index (Phi) is 3.09. The molecule has 0 bridgehead atoms. The molecule has 0 unspecified atom stereocenters. The van der Waals surface area contributed by atoms with Crippen LogP contribution in [0.3, 0.4) is 0 Å². The number of hydrogen-bond acceptors (Lipinski definition) is 2. The highest BCUT2D eigenvalue weighted by Gasteiger charge is 2.12. The minimum Gasteiger partial charge on any atom is -0.617 e. The van der Waals surface area contributed by atoms with Crippen LogP contribution in [0.25, 0.3) is 10.9 Å². The van der Waals surface area contributed by atoms with Crippen molar-refractivity contribution in [2.24, 2.45) is 0 Å². The fourth-order valence-electron chi connectivity index (χ4n) is 1.88. The SMILES string of the molecule is [O-][n+]1c(Sc2ccccc2)ccc2cc(F)ccc21. The number of pyridine rings is 1. The van der Waals surface area contributed by atoms with Crippen molar-refractivity contribution in [3.05, 3.63) is 71.7 Å². The van der Waals surface area contributed by atoms with E-state index >= 15 is 0 Å². The van der Waals surface area contributed by atoms with Crippen LogP contribution in [0.5, 0.6) is 0 Å². The number of nitrogens with zero attached hydrogens (tertiary/aromatic N) is 1. The maximum Gasteiger partial charge on any atom is 0.256 e. The van der Waals surface area contributed by atoms with Crippen LogP contribution < -0.4 is 4.73 Å². The molecule has 0 aliphatic heterocycles. The van der Waals surface area contributed by atoms with Gasteiger partial charge in [0.05, 0.1) is 5.39 Å². The van der Waals surface area contributed by atoms with Crippen molar-refractivity contribution in [1.29, 1.82) is 0 Å². The Hall–Kier alpha value is -2.07. The van der Waals surface area contributed by atoms with Gasteiger partial charge < -0.3 is 5.21 Å². The fourth-order valence-corrected chi connectivity index (χ4v) is 2.73. The third kappa shape index (κ3) is 2.39. The molecule has 3 rings (SSSR count). The molecule has 0 atom stereocenters. The van der Waals surface area contributed by atoms with Gasteiger partial charge in [0, 0.05) is 17.0 Å². The van der Waals surface area contributed by atoms with Crippen molar-refractivity contribution in [3.8, 4) is 0 Å². The number of fused-ring (bicyclic) bond motifs is 1. The smallest absolute Gasteiger partial charge is 0.256 e. The molecule has 0 spiro atoms. The second-order valence-electron chi connectivity index (χ2n) is 4.08. The molecule has 94 valence electrons. The molecule has 1 heterocycles. The van der Waals surface area contributed by atoms with E-state index in [0.717, 1.165) is 9.63 Å². The van der Waals surface area contributed by atoms with Gasteiger partial charge in [-0.05, 0) is 42.1 Å². The van der Waals surface area contributed by atoms with E-state index in [4.69, 9.17) is 0 Å². The van der Waals surface area contributed by atoms with Gasteiger partial charge in [0.25, 0.3) is 5.03 Å². The Labute approximate surface area is 114 Å². The summed E-state index contributed by atoms with van der Waals surface area (Å²) in [7, 11) is 0. The zero-order chi connectivity index (χ0) is 13.2. The highest BCUT2D eigenvalue weighted by Crippen LogP contribution is 2.26. The van der Waals surface area contributed by atoms with Crippen LogP contribution in [0.4, 0.5) is 4.39 Å². The molecule has 0 aliphatic rings. The molecule has 0 saturated carbocycles. The van der Waals surface area contributed by atoms with Crippen molar-refractivity contribution in [2.75, 3.05) is 0 Å². The second kappa shape index (κ2) is 4.90. The Morgan fingerprint density at radius 1 is 0.947 bits per heavy atom. The summed E-state index contributed by atoms with van der Waals surface area (Å²) >= 11 is 1.39. The molecule has 2 aromatic carbocycles. The number of aromatic nitrogens is 1. The molecular formula is C15H10FNOS. The van der Waals surface area contributed by atoms with Crippen molar-refractivity contribution in [2.45, 2.75) is 9.92 Å². The van der Waals surface area contributed by atoms with E-state index in [1.165, 1.54) is 30.0 Å². The number of halogens is 1. The zero-order valence-corrected chi connectivity index (χ0v) is 10.7. The third-order valence-corrected chi connectivity index (χ3v) is 3.80. The first-order valence-electron chi connectivity index (χ1n) is 5.79. The van der Waals surface area contributed by atoms with Crippen LogP contribution in [0.15, 0.2) is 70.6 Å². The van der Waals surface area contributed by atoms with Crippen molar-refractivity contribution >= 4 is 22.7 Å². The second-order valence-corrected chi connectivity index (χ2v) is 5.18. The molecule has 0 radical (unpaired) electrons. The average molecular weight is 271 g/mol. The predicted molar refractivity (Wildman–Crippen MR) is 73.4 cm³/mol. The molecule has 4 heteroatoms. The van der Waals surface area contributed by atoms with Crippen LogP contribution in [-0.2, 0) is 0 Å². The molecule has 0 fully saturated rings. The fraction of sp³-hybridized carbons (Fsp3) is 0. The van der Waals surface area contributed by atoms with E-state index in [-0.39, 0.29) is 5.82 Å². The van der Waals surface area contributed by atoms with Crippen LogP contribution >= 0.6 is 11.8 Å². The molecule has 0 saturated heterocycles.